The molecule has 1 aromatic rings. The van der Waals surface area contributed by atoms with Gasteiger partial charge in [0.2, 0.25) is 0 Å². The topological polar surface area (TPSA) is 73.7 Å². The molecule has 0 saturated heterocycles. The number of nitrogens with one attached hydrogen (secondary N) is 2. The minimum atomic E-state index is -0.807. The molecule has 19 heavy (non-hydrogen) atoms. The Balaban J connectivity index is 2.31. The quantitative estimate of drug-likeness (QED) is 0.320. The van der Waals surface area contributed by atoms with Crippen molar-refractivity contribution in [2.45, 2.75) is 19.8 Å². The van der Waals surface area contributed by atoms with Gasteiger partial charge in [-0.05, 0) is 31.1 Å². The number of hydrogen-bond acceptors (Lipinski definition) is 3. The van der Waals surface area contributed by atoms with E-state index in [4.69, 9.17) is 17.3 Å². The van der Waals surface area contributed by atoms with Crippen LogP contribution in [0.4, 0.5) is 0 Å². The van der Waals surface area contributed by atoms with E-state index in [0.29, 0.717) is 18.1 Å². The van der Waals surface area contributed by atoms with E-state index >= 15 is 0 Å². The first-order valence-corrected chi connectivity index (χ1v) is 6.36. The summed E-state index contributed by atoms with van der Waals surface area (Å²) in [7, 11) is 0. The third-order valence-corrected chi connectivity index (χ3v) is 2.61. The van der Waals surface area contributed by atoms with E-state index in [-0.39, 0.29) is 6.42 Å². The van der Waals surface area contributed by atoms with Crippen molar-refractivity contribution in [3.05, 3.63) is 35.9 Å². The smallest absolute Gasteiger partial charge is 0.303 e. The molecule has 1 rings (SSSR count). The number of hydrogen-bond donors (Lipinski definition) is 3. The van der Waals surface area contributed by atoms with Gasteiger partial charge in [0, 0.05) is 13.0 Å². The Bertz CT molecular complexity index is 460. The van der Waals surface area contributed by atoms with Crippen LogP contribution in [0.15, 0.2) is 35.4 Å². The van der Waals surface area contributed by atoms with E-state index in [1.807, 2.05) is 37.3 Å². The van der Waals surface area contributed by atoms with Gasteiger partial charge in [-0.3, -0.25) is 10.2 Å². The second-order valence-electron chi connectivity index (χ2n) is 3.93. The largest absolute Gasteiger partial charge is 0.481 e. The Morgan fingerprint density at radius 2 is 2.05 bits per heavy atom. The van der Waals surface area contributed by atoms with Crippen LogP contribution >= 0.6 is 12.2 Å². The molecule has 0 atom stereocenters. The van der Waals surface area contributed by atoms with Gasteiger partial charge >= 0.3 is 5.97 Å². The average Bonchev–Trinajstić information content (AvgIpc) is 2.41. The van der Waals surface area contributed by atoms with Crippen LogP contribution in [0.3, 0.4) is 0 Å². The van der Waals surface area contributed by atoms with Crippen molar-refractivity contribution in [2.24, 2.45) is 5.10 Å². The molecule has 1 aromatic carbocycles. The van der Waals surface area contributed by atoms with Crippen LogP contribution in [0.25, 0.3) is 0 Å². The van der Waals surface area contributed by atoms with Gasteiger partial charge in [0.1, 0.15) is 0 Å². The molecule has 0 fully saturated rings. The summed E-state index contributed by atoms with van der Waals surface area (Å²) in [6.07, 6.45) is 0.653. The molecule has 6 heteroatoms. The average molecular weight is 279 g/mol. The minimum Gasteiger partial charge on any atom is -0.481 e. The lowest BCUT2D eigenvalue weighted by Crippen LogP contribution is -2.33. The molecule has 3 N–H and O–H groups in total. The first kappa shape index (κ1) is 15.1. The number of nitrogens with zero attached hydrogens (tertiary/aromatic N) is 1. The zero-order valence-electron chi connectivity index (χ0n) is 10.7. The molecule has 5 nitrogen and oxygen atoms in total. The monoisotopic (exact) mass is 279 g/mol. The lowest BCUT2D eigenvalue weighted by molar-refractivity contribution is -0.137. The molecule has 0 unspecified atom stereocenters. The van der Waals surface area contributed by atoms with Crippen molar-refractivity contribution in [3.63, 3.8) is 0 Å². The third kappa shape index (κ3) is 6.52. The summed E-state index contributed by atoms with van der Waals surface area (Å²) in [5.41, 5.74) is 4.58. The number of rotatable bonds is 6. The molecule has 0 spiro atoms. The molecule has 0 aliphatic carbocycles. The normalized spacial score (nSPS) is 10.9. The minimum absolute atomic E-state index is 0.127. The Morgan fingerprint density at radius 1 is 1.37 bits per heavy atom. The summed E-state index contributed by atoms with van der Waals surface area (Å²) in [6.45, 7) is 2.40. The van der Waals surface area contributed by atoms with Crippen molar-refractivity contribution in [1.82, 2.24) is 10.7 Å². The summed E-state index contributed by atoms with van der Waals surface area (Å²) in [5.74, 6) is -0.807. The molecule has 0 aliphatic rings. The van der Waals surface area contributed by atoms with Gasteiger partial charge in [0.25, 0.3) is 0 Å². The highest BCUT2D eigenvalue weighted by molar-refractivity contribution is 7.80. The van der Waals surface area contributed by atoms with Crippen molar-refractivity contribution in [1.29, 1.82) is 0 Å². The van der Waals surface area contributed by atoms with Gasteiger partial charge in [-0.15, -0.1) is 0 Å². The van der Waals surface area contributed by atoms with E-state index < -0.39 is 5.97 Å². The van der Waals surface area contributed by atoms with Gasteiger partial charge in [-0.1, -0.05) is 30.3 Å². The number of hydrazone groups is 1. The van der Waals surface area contributed by atoms with Gasteiger partial charge < -0.3 is 10.4 Å². The fourth-order valence-corrected chi connectivity index (χ4v) is 1.51. The highest BCUT2D eigenvalue weighted by Crippen LogP contribution is 1.99. The first-order chi connectivity index (χ1) is 9.09. The summed E-state index contributed by atoms with van der Waals surface area (Å²) in [6, 6.07) is 9.75. The fraction of sp³-hybridized carbons (Fsp3) is 0.308. The fourth-order valence-electron chi connectivity index (χ4n) is 1.36. The van der Waals surface area contributed by atoms with Gasteiger partial charge in [0.15, 0.2) is 5.11 Å². The number of carboxylic acid groups (broad SMARTS) is 1. The molecular weight excluding hydrogens is 262 g/mol. The molecule has 102 valence electrons. The number of carbonyl (C=O) groups is 1. The molecule has 0 aliphatic heterocycles. The maximum absolute atomic E-state index is 10.3. The molecule has 0 bridgehead atoms. The number of carboxylic acids is 1. The lowest BCUT2D eigenvalue weighted by atomic mass is 10.1. The van der Waals surface area contributed by atoms with Crippen molar-refractivity contribution < 1.29 is 9.90 Å². The maximum atomic E-state index is 10.3. The van der Waals surface area contributed by atoms with E-state index in [0.717, 1.165) is 11.3 Å². The Labute approximate surface area is 117 Å². The zero-order valence-corrected chi connectivity index (χ0v) is 11.5. The van der Waals surface area contributed by atoms with Crippen molar-refractivity contribution in [2.75, 3.05) is 6.54 Å². The molecule has 0 saturated carbocycles. The van der Waals surface area contributed by atoms with E-state index in [2.05, 4.69) is 15.8 Å². The molecular formula is C13H17N3O2S. The van der Waals surface area contributed by atoms with Crippen LogP contribution in [0.5, 0.6) is 0 Å². The summed E-state index contributed by atoms with van der Waals surface area (Å²) >= 11 is 5.02. The Hall–Kier alpha value is -1.95. The van der Waals surface area contributed by atoms with Crippen LogP contribution in [0, 0.1) is 0 Å². The van der Waals surface area contributed by atoms with Crippen molar-refractivity contribution >= 4 is 29.0 Å². The Morgan fingerprint density at radius 3 is 2.68 bits per heavy atom. The predicted octanol–water partition coefficient (Wildman–Crippen LogP) is 1.74. The summed E-state index contributed by atoms with van der Waals surface area (Å²) in [4.78, 5) is 10.3. The van der Waals surface area contributed by atoms with Crippen LogP contribution in [0.1, 0.15) is 25.3 Å². The number of aliphatic carboxylic acids is 1. The van der Waals surface area contributed by atoms with Crippen LogP contribution in [-0.2, 0) is 4.79 Å². The first-order valence-electron chi connectivity index (χ1n) is 5.95. The third-order valence-electron chi connectivity index (χ3n) is 2.37. The van der Waals surface area contributed by atoms with Crippen molar-refractivity contribution in [3.8, 4) is 0 Å². The zero-order chi connectivity index (χ0) is 14.1. The second-order valence-corrected chi connectivity index (χ2v) is 4.34. The highest BCUT2D eigenvalue weighted by Gasteiger charge is 1.99. The summed E-state index contributed by atoms with van der Waals surface area (Å²) < 4.78 is 0. The SMILES string of the molecule is C/C(=N\NC(=S)NCCCC(=O)O)c1ccccc1. The number of thiocarbonyl (C=S) groups is 1. The van der Waals surface area contributed by atoms with E-state index in [1.165, 1.54) is 0 Å². The number of benzene rings is 1. The molecule has 0 aromatic heterocycles. The van der Waals surface area contributed by atoms with Crippen LogP contribution in [-0.4, -0.2) is 28.4 Å². The Kier molecular flexibility index (Phi) is 6.52. The molecule has 0 radical (unpaired) electrons. The van der Waals surface area contributed by atoms with Gasteiger partial charge in [-0.2, -0.15) is 5.10 Å². The van der Waals surface area contributed by atoms with Crippen LogP contribution in [0.2, 0.25) is 0 Å². The summed E-state index contributed by atoms with van der Waals surface area (Å²) in [5, 5.41) is 15.9. The second kappa shape index (κ2) is 8.20. The van der Waals surface area contributed by atoms with Gasteiger partial charge in [-0.25, -0.2) is 0 Å². The maximum Gasteiger partial charge on any atom is 0.303 e. The van der Waals surface area contributed by atoms with E-state index in [1.54, 1.807) is 0 Å². The lowest BCUT2D eigenvalue weighted by Gasteiger charge is -2.07. The van der Waals surface area contributed by atoms with Crippen LogP contribution < -0.4 is 10.7 Å². The highest BCUT2D eigenvalue weighted by atomic mass is 32.1. The molecule has 0 amide bonds. The van der Waals surface area contributed by atoms with E-state index in [9.17, 15) is 4.79 Å². The van der Waals surface area contributed by atoms with Gasteiger partial charge in [0.05, 0.1) is 5.71 Å². The standard InChI is InChI=1S/C13H17N3O2S/c1-10(11-6-3-2-4-7-11)15-16-13(19)14-9-5-8-12(17)18/h2-4,6-7H,5,8-9H2,1H3,(H,17,18)(H2,14,16,19)/b15-10+. The molecule has 0 heterocycles. The predicted molar refractivity (Wildman–Crippen MR) is 79.3 cm³/mol.